The standard InChI is InChI=1S/C10H21NO2S.C8H17NO3S/c1-10(2,3)14(12,13)11-9-7-5-4-6-8-9;1-8(2,3)13(10,11)9-4-6-12-7-5-9/h9,11H,4-8H2,1-3H3;4-7H2,1-3H3. The van der Waals surface area contributed by atoms with E-state index in [0.29, 0.717) is 26.3 Å². The molecule has 27 heavy (non-hydrogen) atoms. The van der Waals surface area contributed by atoms with E-state index >= 15 is 0 Å². The van der Waals surface area contributed by atoms with Crippen molar-refractivity contribution in [2.45, 2.75) is 89.2 Å². The van der Waals surface area contributed by atoms with Crippen molar-refractivity contribution in [2.75, 3.05) is 26.3 Å². The molecule has 7 nitrogen and oxygen atoms in total. The molecule has 1 aliphatic heterocycles. The second-order valence-electron chi connectivity index (χ2n) is 9.20. The molecule has 1 aliphatic carbocycles. The summed E-state index contributed by atoms with van der Waals surface area (Å²) in [6, 6.07) is 0.174. The van der Waals surface area contributed by atoms with Crippen LogP contribution < -0.4 is 4.72 Å². The number of hydrogen-bond acceptors (Lipinski definition) is 5. The molecule has 162 valence electrons. The van der Waals surface area contributed by atoms with Gasteiger partial charge in [0.2, 0.25) is 20.0 Å². The van der Waals surface area contributed by atoms with Crippen LogP contribution in [0, 0.1) is 0 Å². The molecule has 0 aromatic carbocycles. The van der Waals surface area contributed by atoms with E-state index in [1.807, 2.05) is 0 Å². The zero-order chi connectivity index (χ0) is 20.9. The number of hydrogen-bond donors (Lipinski definition) is 1. The predicted molar refractivity (Wildman–Crippen MR) is 110 cm³/mol. The van der Waals surface area contributed by atoms with Crippen molar-refractivity contribution in [2.24, 2.45) is 0 Å². The Hall–Kier alpha value is -0.220. The topological polar surface area (TPSA) is 92.8 Å². The van der Waals surface area contributed by atoms with E-state index < -0.39 is 29.5 Å². The molecule has 2 fully saturated rings. The summed E-state index contributed by atoms with van der Waals surface area (Å²) in [4.78, 5) is 0. The van der Waals surface area contributed by atoms with Gasteiger partial charge in [-0.25, -0.2) is 21.6 Å². The van der Waals surface area contributed by atoms with Crippen molar-refractivity contribution < 1.29 is 21.6 Å². The van der Waals surface area contributed by atoms with Crippen LogP contribution in [0.15, 0.2) is 0 Å². The van der Waals surface area contributed by atoms with Crippen LogP contribution in [0.4, 0.5) is 0 Å². The minimum absolute atomic E-state index is 0.174. The maximum Gasteiger partial charge on any atom is 0.219 e. The summed E-state index contributed by atoms with van der Waals surface area (Å²) in [7, 11) is -6.29. The van der Waals surface area contributed by atoms with Crippen molar-refractivity contribution >= 4 is 20.0 Å². The van der Waals surface area contributed by atoms with Crippen LogP contribution in [-0.2, 0) is 24.8 Å². The van der Waals surface area contributed by atoms with Crippen LogP contribution in [0.3, 0.4) is 0 Å². The van der Waals surface area contributed by atoms with Gasteiger partial charge in [0.1, 0.15) is 0 Å². The fraction of sp³-hybridized carbons (Fsp3) is 1.00. The van der Waals surface area contributed by atoms with Crippen molar-refractivity contribution in [1.29, 1.82) is 0 Å². The second kappa shape index (κ2) is 9.52. The van der Waals surface area contributed by atoms with E-state index in [9.17, 15) is 16.8 Å². The Kier molecular flexibility index (Phi) is 8.75. The number of ether oxygens (including phenoxy) is 1. The van der Waals surface area contributed by atoms with Crippen LogP contribution in [0.25, 0.3) is 0 Å². The highest BCUT2D eigenvalue weighted by molar-refractivity contribution is 7.91. The molecule has 2 rings (SSSR count). The molecule has 0 unspecified atom stereocenters. The largest absolute Gasteiger partial charge is 0.379 e. The highest BCUT2D eigenvalue weighted by Crippen LogP contribution is 2.22. The highest BCUT2D eigenvalue weighted by atomic mass is 32.2. The van der Waals surface area contributed by atoms with Crippen molar-refractivity contribution in [1.82, 2.24) is 9.03 Å². The Bertz CT molecular complexity index is 649. The summed E-state index contributed by atoms with van der Waals surface area (Å²) in [5.74, 6) is 0. The minimum Gasteiger partial charge on any atom is -0.379 e. The Morgan fingerprint density at radius 1 is 0.815 bits per heavy atom. The van der Waals surface area contributed by atoms with Gasteiger partial charge in [0.05, 0.1) is 22.7 Å². The van der Waals surface area contributed by atoms with Gasteiger partial charge >= 0.3 is 0 Å². The first-order chi connectivity index (χ1) is 12.2. The Balaban J connectivity index is 0.000000271. The molecule has 1 saturated heterocycles. The summed E-state index contributed by atoms with van der Waals surface area (Å²) >= 11 is 0. The predicted octanol–water partition coefficient (Wildman–Crippen LogP) is 2.48. The van der Waals surface area contributed by atoms with Crippen LogP contribution >= 0.6 is 0 Å². The van der Waals surface area contributed by atoms with E-state index in [-0.39, 0.29) is 6.04 Å². The number of morpholine rings is 1. The normalized spacial score (nSPS) is 21.4. The zero-order valence-electron chi connectivity index (χ0n) is 17.7. The van der Waals surface area contributed by atoms with Crippen LogP contribution in [0.5, 0.6) is 0 Å². The highest BCUT2D eigenvalue weighted by Gasteiger charge is 2.35. The quantitative estimate of drug-likeness (QED) is 0.748. The van der Waals surface area contributed by atoms with Gasteiger partial charge in [-0.2, -0.15) is 4.31 Å². The summed E-state index contributed by atoms with van der Waals surface area (Å²) in [6.45, 7) is 12.4. The van der Waals surface area contributed by atoms with Gasteiger partial charge in [0, 0.05) is 19.1 Å². The molecule has 1 N–H and O–H groups in total. The van der Waals surface area contributed by atoms with Gasteiger partial charge in [-0.05, 0) is 54.4 Å². The Morgan fingerprint density at radius 2 is 1.30 bits per heavy atom. The monoisotopic (exact) mass is 426 g/mol. The maximum atomic E-state index is 11.9. The third-order valence-electron chi connectivity index (χ3n) is 4.82. The lowest BCUT2D eigenvalue weighted by Gasteiger charge is -2.32. The Morgan fingerprint density at radius 3 is 1.70 bits per heavy atom. The van der Waals surface area contributed by atoms with Gasteiger partial charge in [0.15, 0.2) is 0 Å². The van der Waals surface area contributed by atoms with E-state index in [4.69, 9.17) is 4.74 Å². The fourth-order valence-electron chi connectivity index (χ4n) is 2.79. The second-order valence-corrected chi connectivity index (χ2v) is 14.4. The van der Waals surface area contributed by atoms with E-state index in [2.05, 4.69) is 4.72 Å². The van der Waals surface area contributed by atoms with Gasteiger partial charge < -0.3 is 4.74 Å². The minimum atomic E-state index is -3.15. The fourth-order valence-corrected chi connectivity index (χ4v) is 5.22. The Labute approximate surface area is 166 Å². The number of rotatable bonds is 3. The smallest absolute Gasteiger partial charge is 0.219 e. The summed E-state index contributed by atoms with van der Waals surface area (Å²) in [5.41, 5.74) is 0. The lowest BCUT2D eigenvalue weighted by molar-refractivity contribution is 0.0721. The molecule has 0 radical (unpaired) electrons. The molecular formula is C18H38N2O5S2. The third kappa shape index (κ3) is 7.27. The van der Waals surface area contributed by atoms with Crippen molar-refractivity contribution in [3.8, 4) is 0 Å². The molecule has 0 aromatic rings. The molecule has 0 bridgehead atoms. The first kappa shape index (κ1) is 24.8. The zero-order valence-corrected chi connectivity index (χ0v) is 19.4. The maximum absolute atomic E-state index is 11.9. The van der Waals surface area contributed by atoms with Gasteiger partial charge in [-0.1, -0.05) is 19.3 Å². The molecule has 1 saturated carbocycles. The molecule has 0 aromatic heterocycles. The van der Waals surface area contributed by atoms with E-state index in [1.54, 1.807) is 41.5 Å². The third-order valence-corrected chi connectivity index (χ3v) is 9.67. The average Bonchev–Trinajstić information content (AvgIpc) is 2.55. The van der Waals surface area contributed by atoms with Gasteiger partial charge in [-0.15, -0.1) is 0 Å². The number of nitrogens with one attached hydrogen (secondary N) is 1. The number of nitrogens with zero attached hydrogens (tertiary/aromatic N) is 1. The summed E-state index contributed by atoms with van der Waals surface area (Å²) in [5, 5.41) is 0. The molecule has 0 spiro atoms. The van der Waals surface area contributed by atoms with E-state index in [1.165, 1.54) is 10.7 Å². The first-order valence-corrected chi connectivity index (χ1v) is 12.7. The van der Waals surface area contributed by atoms with E-state index in [0.717, 1.165) is 25.7 Å². The summed E-state index contributed by atoms with van der Waals surface area (Å²) in [6.07, 6.45) is 5.53. The number of sulfonamides is 2. The van der Waals surface area contributed by atoms with Gasteiger partial charge in [0.25, 0.3) is 0 Å². The average molecular weight is 427 g/mol. The SMILES string of the molecule is CC(C)(C)S(=O)(=O)N1CCOCC1.CC(C)(C)S(=O)(=O)NC1CCCCC1. The summed E-state index contributed by atoms with van der Waals surface area (Å²) < 4.78 is 55.4. The molecule has 0 amide bonds. The molecule has 9 heteroatoms. The van der Waals surface area contributed by atoms with Crippen molar-refractivity contribution in [3.63, 3.8) is 0 Å². The lowest BCUT2D eigenvalue weighted by Crippen LogP contribution is -2.48. The first-order valence-electron chi connectivity index (χ1n) is 9.78. The van der Waals surface area contributed by atoms with Crippen molar-refractivity contribution in [3.05, 3.63) is 0 Å². The molecule has 0 atom stereocenters. The van der Waals surface area contributed by atoms with Crippen LogP contribution in [0.1, 0.15) is 73.6 Å². The van der Waals surface area contributed by atoms with Crippen LogP contribution in [-0.4, -0.2) is 63.0 Å². The van der Waals surface area contributed by atoms with Crippen LogP contribution in [0.2, 0.25) is 0 Å². The lowest BCUT2D eigenvalue weighted by atomic mass is 9.96. The molecular weight excluding hydrogens is 388 g/mol. The molecule has 1 heterocycles. The van der Waals surface area contributed by atoms with Gasteiger partial charge in [-0.3, -0.25) is 0 Å². The molecule has 2 aliphatic rings.